The molecule has 1 aromatic rings. The molecule has 1 unspecified atom stereocenters. The van der Waals surface area contributed by atoms with Gasteiger partial charge in [-0.25, -0.2) is 4.79 Å². The number of nitrogens with one attached hydrogen (secondary N) is 1. The lowest BCUT2D eigenvalue weighted by Crippen LogP contribution is -2.47. The van der Waals surface area contributed by atoms with E-state index in [-0.39, 0.29) is 6.03 Å². The predicted octanol–water partition coefficient (Wildman–Crippen LogP) is 2.30. The molecule has 0 spiro atoms. The average Bonchev–Trinajstić information content (AvgIpc) is 2.41. The molecule has 1 heterocycles. The molecule has 0 aliphatic carbocycles. The second kappa shape index (κ2) is 6.06. The van der Waals surface area contributed by atoms with Crippen LogP contribution in [0.4, 0.5) is 10.5 Å². The average molecular weight is 261 g/mol. The van der Waals surface area contributed by atoms with Crippen LogP contribution in [0.3, 0.4) is 0 Å². The third-order valence-electron chi connectivity index (χ3n) is 3.48. The number of amides is 2. The second-order valence-corrected chi connectivity index (χ2v) is 5.29. The van der Waals surface area contributed by atoms with E-state index in [0.717, 1.165) is 25.3 Å². The quantitative estimate of drug-likeness (QED) is 0.883. The lowest BCUT2D eigenvalue weighted by molar-refractivity contribution is 0.209. The van der Waals surface area contributed by atoms with Crippen LogP contribution >= 0.6 is 0 Å². The van der Waals surface area contributed by atoms with Crippen molar-refractivity contribution in [3.63, 3.8) is 0 Å². The molecule has 0 saturated heterocycles. The van der Waals surface area contributed by atoms with Gasteiger partial charge in [-0.3, -0.25) is 4.90 Å². The molecule has 1 aromatic carbocycles. The van der Waals surface area contributed by atoms with Crippen LogP contribution in [0, 0.1) is 5.92 Å². The molecule has 0 aromatic heterocycles. The summed E-state index contributed by atoms with van der Waals surface area (Å²) in [6.45, 7) is 7.64. The summed E-state index contributed by atoms with van der Waals surface area (Å²) in [4.78, 5) is 16.0. The minimum atomic E-state index is 0.0991. The molecule has 2 amide bonds. The lowest BCUT2D eigenvalue weighted by Gasteiger charge is -2.36. The highest BCUT2D eigenvalue weighted by Crippen LogP contribution is 2.28. The van der Waals surface area contributed by atoms with Gasteiger partial charge in [0.05, 0.1) is 5.69 Å². The molecule has 4 heteroatoms. The summed E-state index contributed by atoms with van der Waals surface area (Å²) < 4.78 is 0. The smallest absolute Gasteiger partial charge is 0.323 e. The van der Waals surface area contributed by atoms with Crippen molar-refractivity contribution in [2.24, 2.45) is 5.92 Å². The van der Waals surface area contributed by atoms with Gasteiger partial charge in [0.1, 0.15) is 0 Å². The number of benzene rings is 1. The van der Waals surface area contributed by atoms with Crippen molar-refractivity contribution < 1.29 is 4.79 Å². The SMILES string of the molecule is CCNCC(C)CN1C(=O)N(C)Cc2ccccc21. The third kappa shape index (κ3) is 3.07. The van der Waals surface area contributed by atoms with E-state index in [9.17, 15) is 4.79 Å². The monoisotopic (exact) mass is 261 g/mol. The number of hydrogen-bond acceptors (Lipinski definition) is 2. The number of anilines is 1. The van der Waals surface area contributed by atoms with E-state index in [4.69, 9.17) is 0 Å². The van der Waals surface area contributed by atoms with Crippen molar-refractivity contribution >= 4 is 11.7 Å². The van der Waals surface area contributed by atoms with Crippen LogP contribution in [-0.2, 0) is 6.54 Å². The number of para-hydroxylation sites is 1. The van der Waals surface area contributed by atoms with E-state index >= 15 is 0 Å². The standard InChI is InChI=1S/C15H23N3O/c1-4-16-9-12(2)10-18-14-8-6-5-7-13(14)11-17(3)15(18)19/h5-8,12,16H,4,9-11H2,1-3H3. The van der Waals surface area contributed by atoms with Crippen molar-refractivity contribution in [2.75, 3.05) is 31.6 Å². The van der Waals surface area contributed by atoms with Crippen LogP contribution in [0.5, 0.6) is 0 Å². The van der Waals surface area contributed by atoms with Gasteiger partial charge in [-0.05, 0) is 30.6 Å². The number of fused-ring (bicyclic) bond motifs is 1. The number of urea groups is 1. The topological polar surface area (TPSA) is 35.6 Å². The second-order valence-electron chi connectivity index (χ2n) is 5.29. The maximum atomic E-state index is 12.3. The zero-order chi connectivity index (χ0) is 13.8. The van der Waals surface area contributed by atoms with E-state index in [1.54, 1.807) is 4.90 Å². The normalized spacial score (nSPS) is 16.5. The lowest BCUT2D eigenvalue weighted by atomic mass is 10.1. The molecule has 104 valence electrons. The fourth-order valence-electron chi connectivity index (χ4n) is 2.48. The Kier molecular flexibility index (Phi) is 4.43. The van der Waals surface area contributed by atoms with E-state index < -0.39 is 0 Å². The van der Waals surface area contributed by atoms with Crippen molar-refractivity contribution in [3.05, 3.63) is 29.8 Å². The van der Waals surface area contributed by atoms with E-state index in [2.05, 4.69) is 25.2 Å². The molecule has 1 aliphatic heterocycles. The summed E-state index contributed by atoms with van der Waals surface area (Å²) in [5, 5.41) is 3.34. The van der Waals surface area contributed by atoms with Gasteiger partial charge >= 0.3 is 6.03 Å². The first kappa shape index (κ1) is 13.9. The van der Waals surface area contributed by atoms with Crippen molar-refractivity contribution in [3.8, 4) is 0 Å². The zero-order valence-electron chi connectivity index (χ0n) is 12.0. The molecule has 1 atom stereocenters. The summed E-state index contributed by atoms with van der Waals surface area (Å²) in [6, 6.07) is 8.27. The maximum absolute atomic E-state index is 12.3. The molecule has 0 bridgehead atoms. The van der Waals surface area contributed by atoms with Gasteiger partial charge in [0.15, 0.2) is 0 Å². The highest BCUT2D eigenvalue weighted by molar-refractivity contribution is 5.94. The Bertz CT molecular complexity index is 447. The van der Waals surface area contributed by atoms with Crippen molar-refractivity contribution in [1.29, 1.82) is 0 Å². The van der Waals surface area contributed by atoms with Crippen molar-refractivity contribution in [2.45, 2.75) is 20.4 Å². The Hall–Kier alpha value is -1.55. The highest BCUT2D eigenvalue weighted by Gasteiger charge is 2.28. The third-order valence-corrected chi connectivity index (χ3v) is 3.48. The summed E-state index contributed by atoms with van der Waals surface area (Å²) >= 11 is 0. The van der Waals surface area contributed by atoms with Crippen LogP contribution in [0.1, 0.15) is 19.4 Å². The molecular formula is C15H23N3O. The molecule has 0 fully saturated rings. The van der Waals surface area contributed by atoms with Gasteiger partial charge in [-0.2, -0.15) is 0 Å². The van der Waals surface area contributed by atoms with Crippen LogP contribution in [-0.4, -0.2) is 37.6 Å². The van der Waals surface area contributed by atoms with E-state index in [1.807, 2.05) is 30.1 Å². The Morgan fingerprint density at radius 3 is 2.84 bits per heavy atom. The highest BCUT2D eigenvalue weighted by atomic mass is 16.2. The summed E-state index contributed by atoms with van der Waals surface area (Å²) in [6.07, 6.45) is 0. The number of nitrogens with zero attached hydrogens (tertiary/aromatic N) is 2. The molecule has 2 rings (SSSR count). The number of hydrogen-bond donors (Lipinski definition) is 1. The Balaban J connectivity index is 2.16. The van der Waals surface area contributed by atoms with Crippen LogP contribution < -0.4 is 10.2 Å². The molecule has 19 heavy (non-hydrogen) atoms. The first-order chi connectivity index (χ1) is 9.13. The van der Waals surface area contributed by atoms with E-state index in [0.29, 0.717) is 12.5 Å². The largest absolute Gasteiger partial charge is 0.324 e. The Morgan fingerprint density at radius 2 is 2.11 bits per heavy atom. The first-order valence-electron chi connectivity index (χ1n) is 6.94. The van der Waals surface area contributed by atoms with Gasteiger partial charge in [-0.15, -0.1) is 0 Å². The minimum Gasteiger partial charge on any atom is -0.323 e. The van der Waals surface area contributed by atoms with Gasteiger partial charge < -0.3 is 10.2 Å². The molecule has 0 saturated carbocycles. The van der Waals surface area contributed by atoms with Crippen LogP contribution in [0.2, 0.25) is 0 Å². The molecule has 0 radical (unpaired) electrons. The van der Waals surface area contributed by atoms with Gasteiger partial charge in [0, 0.05) is 20.1 Å². The number of carbonyl (C=O) groups excluding carboxylic acids is 1. The summed E-state index contributed by atoms with van der Waals surface area (Å²) in [7, 11) is 1.86. The molecule has 1 aliphatic rings. The van der Waals surface area contributed by atoms with E-state index in [1.165, 1.54) is 5.56 Å². The van der Waals surface area contributed by atoms with Crippen LogP contribution in [0.25, 0.3) is 0 Å². The number of carbonyl (C=O) groups is 1. The summed E-state index contributed by atoms with van der Waals surface area (Å²) in [5.41, 5.74) is 2.29. The Labute approximate surface area is 115 Å². The van der Waals surface area contributed by atoms with Crippen molar-refractivity contribution in [1.82, 2.24) is 10.2 Å². The van der Waals surface area contributed by atoms with Gasteiger partial charge in [-0.1, -0.05) is 32.0 Å². The van der Waals surface area contributed by atoms with Gasteiger partial charge in [0.25, 0.3) is 0 Å². The summed E-state index contributed by atoms with van der Waals surface area (Å²) in [5.74, 6) is 0.434. The molecular weight excluding hydrogens is 238 g/mol. The minimum absolute atomic E-state index is 0.0991. The first-order valence-corrected chi connectivity index (χ1v) is 6.94. The maximum Gasteiger partial charge on any atom is 0.324 e. The van der Waals surface area contributed by atoms with Gasteiger partial charge in [0.2, 0.25) is 0 Å². The Morgan fingerprint density at radius 1 is 1.37 bits per heavy atom. The molecule has 4 nitrogen and oxygen atoms in total. The fourth-order valence-corrected chi connectivity index (χ4v) is 2.48. The predicted molar refractivity (Wildman–Crippen MR) is 78.4 cm³/mol. The van der Waals surface area contributed by atoms with Crippen LogP contribution in [0.15, 0.2) is 24.3 Å². The number of rotatable bonds is 5. The molecule has 1 N–H and O–H groups in total. The zero-order valence-corrected chi connectivity index (χ0v) is 12.0. The fraction of sp³-hybridized carbons (Fsp3) is 0.533.